The number of benzene rings is 1. The second-order valence-corrected chi connectivity index (χ2v) is 9.43. The summed E-state index contributed by atoms with van der Waals surface area (Å²) in [4.78, 5) is 24.8. The van der Waals surface area contributed by atoms with Crippen LogP contribution in [0.25, 0.3) is 0 Å². The Morgan fingerprint density at radius 3 is 2.12 bits per heavy atom. The standard InChI is InChI=1S/C21H27NO3/c1-19-8-14-9-20(2,11-19)13-21(10-14,12-19)18(24)22-16-6-4-15(5-7-16)17(23)25-3/h4-7,14H,8-13H2,1-3H3,(H,22,24)/t14?,19-,20+,21?. The second-order valence-electron chi connectivity index (χ2n) is 9.43. The Bertz CT molecular complexity index is 705. The van der Waals surface area contributed by atoms with Gasteiger partial charge in [0.2, 0.25) is 5.91 Å². The van der Waals surface area contributed by atoms with Crippen LogP contribution in [0.3, 0.4) is 0 Å². The van der Waals surface area contributed by atoms with Crippen molar-refractivity contribution in [1.82, 2.24) is 0 Å². The molecule has 2 unspecified atom stereocenters. The van der Waals surface area contributed by atoms with E-state index in [1.165, 1.54) is 26.4 Å². The Kier molecular flexibility index (Phi) is 3.54. The topological polar surface area (TPSA) is 55.4 Å². The molecule has 0 aromatic heterocycles. The van der Waals surface area contributed by atoms with E-state index in [0.29, 0.717) is 22.3 Å². The van der Waals surface area contributed by atoms with Crippen LogP contribution in [-0.4, -0.2) is 19.0 Å². The highest BCUT2D eigenvalue weighted by Gasteiger charge is 2.62. The van der Waals surface area contributed by atoms with Crippen molar-refractivity contribution in [3.63, 3.8) is 0 Å². The zero-order valence-corrected chi connectivity index (χ0v) is 15.4. The monoisotopic (exact) mass is 341 g/mol. The number of anilines is 1. The van der Waals surface area contributed by atoms with Crippen molar-refractivity contribution >= 4 is 17.6 Å². The molecule has 1 amide bonds. The Morgan fingerprint density at radius 1 is 1.00 bits per heavy atom. The molecule has 4 saturated carbocycles. The zero-order chi connectivity index (χ0) is 17.9. The van der Waals surface area contributed by atoms with Gasteiger partial charge in [-0.15, -0.1) is 0 Å². The molecule has 0 heterocycles. The maximum Gasteiger partial charge on any atom is 0.337 e. The maximum absolute atomic E-state index is 13.2. The number of amides is 1. The molecule has 0 radical (unpaired) electrons. The molecule has 1 aromatic carbocycles. The predicted octanol–water partition coefficient (Wildman–Crippen LogP) is 4.41. The smallest absolute Gasteiger partial charge is 0.337 e. The summed E-state index contributed by atoms with van der Waals surface area (Å²) in [7, 11) is 1.37. The summed E-state index contributed by atoms with van der Waals surface area (Å²) < 4.78 is 4.72. The summed E-state index contributed by atoms with van der Waals surface area (Å²) in [5, 5.41) is 3.13. The van der Waals surface area contributed by atoms with Gasteiger partial charge in [-0.2, -0.15) is 0 Å². The van der Waals surface area contributed by atoms with E-state index in [1.54, 1.807) is 24.3 Å². The van der Waals surface area contributed by atoms with E-state index in [4.69, 9.17) is 4.74 Å². The lowest BCUT2D eigenvalue weighted by Gasteiger charge is -2.64. The summed E-state index contributed by atoms with van der Waals surface area (Å²) in [6.07, 6.45) is 6.89. The van der Waals surface area contributed by atoms with E-state index in [9.17, 15) is 9.59 Å². The molecule has 25 heavy (non-hydrogen) atoms. The average Bonchev–Trinajstić information content (AvgIpc) is 2.51. The highest BCUT2D eigenvalue weighted by molar-refractivity contribution is 5.96. The quantitative estimate of drug-likeness (QED) is 0.829. The zero-order valence-electron chi connectivity index (χ0n) is 15.4. The number of esters is 1. The second kappa shape index (κ2) is 5.33. The number of methoxy groups -OCH3 is 1. The van der Waals surface area contributed by atoms with Gasteiger partial charge in [-0.3, -0.25) is 4.79 Å². The maximum atomic E-state index is 13.2. The van der Waals surface area contributed by atoms with Gasteiger partial charge in [0.15, 0.2) is 0 Å². The lowest BCUT2D eigenvalue weighted by atomic mass is 9.40. The molecule has 134 valence electrons. The van der Waals surface area contributed by atoms with Crippen LogP contribution in [-0.2, 0) is 9.53 Å². The lowest BCUT2D eigenvalue weighted by Crippen LogP contribution is -2.58. The summed E-state index contributed by atoms with van der Waals surface area (Å²) in [5.41, 5.74) is 1.67. The highest BCUT2D eigenvalue weighted by atomic mass is 16.5. The Hall–Kier alpha value is -1.84. The van der Waals surface area contributed by atoms with Gasteiger partial charge in [-0.1, -0.05) is 13.8 Å². The summed E-state index contributed by atoms with van der Waals surface area (Å²) in [6.45, 7) is 4.76. The first-order valence-electron chi connectivity index (χ1n) is 9.25. The van der Waals surface area contributed by atoms with E-state index in [1.807, 2.05) is 0 Å². The fraction of sp³-hybridized carbons (Fsp3) is 0.619. The number of hydrogen-bond acceptors (Lipinski definition) is 3. The third kappa shape index (κ3) is 2.76. The molecule has 4 heteroatoms. The molecule has 4 nitrogen and oxygen atoms in total. The van der Waals surface area contributed by atoms with Crippen LogP contribution in [0.2, 0.25) is 0 Å². The Labute approximate surface area is 149 Å². The van der Waals surface area contributed by atoms with E-state index in [0.717, 1.165) is 24.9 Å². The van der Waals surface area contributed by atoms with Crippen LogP contribution >= 0.6 is 0 Å². The van der Waals surface area contributed by atoms with E-state index in [-0.39, 0.29) is 17.3 Å². The molecule has 1 aromatic rings. The van der Waals surface area contributed by atoms with Crippen LogP contribution in [0.5, 0.6) is 0 Å². The fourth-order valence-electron chi connectivity index (χ4n) is 6.77. The summed E-state index contributed by atoms with van der Waals surface area (Å²) in [5.74, 6) is 0.498. The molecule has 4 aliphatic rings. The van der Waals surface area contributed by atoms with E-state index < -0.39 is 0 Å². The van der Waals surface area contributed by atoms with Gasteiger partial charge in [0.05, 0.1) is 18.1 Å². The molecule has 5 rings (SSSR count). The van der Waals surface area contributed by atoms with Gasteiger partial charge < -0.3 is 10.1 Å². The first kappa shape index (κ1) is 16.6. The SMILES string of the molecule is COC(=O)c1ccc(NC(=O)C23CC4C[C@@](C)(C2)C[C@](C)(C4)C3)cc1. The fourth-order valence-corrected chi connectivity index (χ4v) is 6.77. The summed E-state index contributed by atoms with van der Waals surface area (Å²) >= 11 is 0. The van der Waals surface area contributed by atoms with Crippen molar-refractivity contribution in [2.75, 3.05) is 12.4 Å². The van der Waals surface area contributed by atoms with E-state index >= 15 is 0 Å². The van der Waals surface area contributed by atoms with E-state index in [2.05, 4.69) is 19.2 Å². The molecule has 1 N–H and O–H groups in total. The van der Waals surface area contributed by atoms with Crippen LogP contribution in [0.4, 0.5) is 5.69 Å². The molecule has 0 spiro atoms. The number of carbonyl (C=O) groups excluding carboxylic acids is 2. The summed E-state index contributed by atoms with van der Waals surface area (Å²) in [6, 6.07) is 6.97. The third-order valence-electron chi connectivity index (χ3n) is 6.67. The minimum absolute atomic E-state index is 0.167. The van der Waals surface area contributed by atoms with Gasteiger partial charge in [-0.05, 0) is 79.5 Å². The first-order chi connectivity index (χ1) is 11.7. The third-order valence-corrected chi connectivity index (χ3v) is 6.67. The number of hydrogen-bond donors (Lipinski definition) is 1. The minimum Gasteiger partial charge on any atom is -0.465 e. The number of ether oxygens (including phenoxy) is 1. The molecule has 4 aliphatic carbocycles. The van der Waals surface area contributed by atoms with Crippen LogP contribution < -0.4 is 5.32 Å². The first-order valence-corrected chi connectivity index (χ1v) is 9.25. The van der Waals surface area contributed by atoms with Crippen molar-refractivity contribution < 1.29 is 14.3 Å². The lowest BCUT2D eigenvalue weighted by molar-refractivity contribution is -0.165. The van der Waals surface area contributed by atoms with Crippen LogP contribution in [0, 0.1) is 22.2 Å². The Balaban J connectivity index is 1.54. The highest BCUT2D eigenvalue weighted by Crippen LogP contribution is 2.69. The van der Waals surface area contributed by atoms with Crippen molar-refractivity contribution in [3.8, 4) is 0 Å². The normalized spacial score (nSPS) is 38.4. The van der Waals surface area contributed by atoms with Crippen molar-refractivity contribution in [2.45, 2.75) is 52.4 Å². The van der Waals surface area contributed by atoms with Gasteiger partial charge in [0.1, 0.15) is 0 Å². The number of rotatable bonds is 3. The molecule has 4 bridgehead atoms. The van der Waals surface area contributed by atoms with Gasteiger partial charge in [-0.25, -0.2) is 4.79 Å². The van der Waals surface area contributed by atoms with Gasteiger partial charge in [0.25, 0.3) is 0 Å². The number of carbonyl (C=O) groups is 2. The largest absolute Gasteiger partial charge is 0.465 e. The van der Waals surface area contributed by atoms with Crippen molar-refractivity contribution in [1.29, 1.82) is 0 Å². The van der Waals surface area contributed by atoms with Crippen molar-refractivity contribution in [2.24, 2.45) is 22.2 Å². The van der Waals surface area contributed by atoms with Gasteiger partial charge in [0, 0.05) is 5.69 Å². The average molecular weight is 341 g/mol. The molecule has 4 fully saturated rings. The van der Waals surface area contributed by atoms with Crippen molar-refractivity contribution in [3.05, 3.63) is 29.8 Å². The Morgan fingerprint density at radius 2 is 1.60 bits per heavy atom. The van der Waals surface area contributed by atoms with Gasteiger partial charge >= 0.3 is 5.97 Å². The predicted molar refractivity (Wildman–Crippen MR) is 96.3 cm³/mol. The molecular formula is C21H27NO3. The number of nitrogens with one attached hydrogen (secondary N) is 1. The molecule has 4 atom stereocenters. The molecule has 0 saturated heterocycles. The van der Waals surface area contributed by atoms with Crippen LogP contribution in [0.1, 0.15) is 62.7 Å². The minimum atomic E-state index is -0.361. The molecular weight excluding hydrogens is 314 g/mol. The molecule has 0 aliphatic heterocycles. The van der Waals surface area contributed by atoms with Crippen LogP contribution in [0.15, 0.2) is 24.3 Å².